The molecular weight excluding hydrogens is 458 g/mol. The summed E-state index contributed by atoms with van der Waals surface area (Å²) in [7, 11) is 1.31. The van der Waals surface area contributed by atoms with E-state index in [0.29, 0.717) is 52.9 Å². The Morgan fingerprint density at radius 3 is 2.65 bits per heavy atom. The van der Waals surface area contributed by atoms with Crippen molar-refractivity contribution in [2.45, 2.75) is 13.1 Å². The smallest absolute Gasteiger partial charge is 0.337 e. The topological polar surface area (TPSA) is 78.2 Å². The molecule has 5 rings (SSSR count). The number of carbonyl (C=O) groups is 1. The highest BCUT2D eigenvalue weighted by Crippen LogP contribution is 2.33. The zero-order chi connectivity index (χ0) is 23.7. The lowest BCUT2D eigenvalue weighted by atomic mass is 10.1. The SMILES string of the molecule is COC(=O)c1ccc(Oc2coc3c4c(ccc3c2=O)OCN(Cc2ccccc2Cl)C4)cc1. The van der Waals surface area contributed by atoms with Gasteiger partial charge in [-0.2, -0.15) is 0 Å². The second-order valence-electron chi connectivity index (χ2n) is 7.82. The van der Waals surface area contributed by atoms with E-state index < -0.39 is 5.97 Å². The molecule has 2 heterocycles. The third-order valence-electron chi connectivity index (χ3n) is 5.61. The van der Waals surface area contributed by atoms with Gasteiger partial charge in [-0.3, -0.25) is 9.69 Å². The van der Waals surface area contributed by atoms with E-state index in [1.165, 1.54) is 13.4 Å². The van der Waals surface area contributed by atoms with Crippen LogP contribution in [0.5, 0.6) is 17.2 Å². The summed E-state index contributed by atoms with van der Waals surface area (Å²) in [5.41, 5.74) is 2.33. The van der Waals surface area contributed by atoms with Crippen molar-refractivity contribution in [3.8, 4) is 17.2 Å². The molecule has 4 aromatic rings. The van der Waals surface area contributed by atoms with Crippen molar-refractivity contribution in [2.75, 3.05) is 13.8 Å². The van der Waals surface area contributed by atoms with Crippen LogP contribution >= 0.6 is 11.6 Å². The number of halogens is 1. The Balaban J connectivity index is 1.42. The molecule has 0 N–H and O–H groups in total. The van der Waals surface area contributed by atoms with Crippen molar-refractivity contribution in [3.63, 3.8) is 0 Å². The molecule has 1 aliphatic heterocycles. The number of carbonyl (C=O) groups excluding carboxylic acids is 1. The molecule has 0 saturated carbocycles. The number of rotatable bonds is 5. The van der Waals surface area contributed by atoms with Gasteiger partial charge in [-0.25, -0.2) is 4.79 Å². The van der Waals surface area contributed by atoms with Crippen molar-refractivity contribution in [3.05, 3.63) is 98.9 Å². The molecule has 0 spiro atoms. The molecule has 0 unspecified atom stereocenters. The predicted octanol–water partition coefficient (Wildman–Crippen LogP) is 5.38. The zero-order valence-corrected chi connectivity index (χ0v) is 19.0. The van der Waals surface area contributed by atoms with Crippen LogP contribution in [0, 0.1) is 0 Å². The van der Waals surface area contributed by atoms with Crippen molar-refractivity contribution in [2.24, 2.45) is 0 Å². The van der Waals surface area contributed by atoms with Crippen LogP contribution in [0.15, 0.2) is 76.1 Å². The van der Waals surface area contributed by atoms with Gasteiger partial charge in [0.2, 0.25) is 11.2 Å². The first-order valence-electron chi connectivity index (χ1n) is 10.6. The molecule has 0 fully saturated rings. The number of hydrogen-bond acceptors (Lipinski definition) is 7. The highest BCUT2D eigenvalue weighted by Gasteiger charge is 2.23. The standard InChI is InChI=1S/C26H20ClNO6/c1-31-26(30)16-6-8-18(9-7-16)34-23-14-32-25-19(24(23)29)10-11-22-20(25)13-28(15-33-22)12-17-4-2-3-5-21(17)27/h2-11,14H,12-13,15H2,1H3. The van der Waals surface area contributed by atoms with Gasteiger partial charge in [-0.05, 0) is 48.0 Å². The molecule has 172 valence electrons. The normalized spacial score (nSPS) is 13.2. The number of hydrogen-bond donors (Lipinski definition) is 0. The maximum absolute atomic E-state index is 13.1. The quantitative estimate of drug-likeness (QED) is 0.357. The Kier molecular flexibility index (Phi) is 5.96. The molecule has 1 aromatic heterocycles. The fourth-order valence-electron chi connectivity index (χ4n) is 3.88. The number of ether oxygens (including phenoxy) is 3. The number of fused-ring (bicyclic) bond motifs is 3. The second-order valence-corrected chi connectivity index (χ2v) is 8.23. The van der Waals surface area contributed by atoms with E-state index in [1.807, 2.05) is 24.3 Å². The largest absolute Gasteiger partial charge is 0.478 e. The molecule has 0 atom stereocenters. The molecule has 34 heavy (non-hydrogen) atoms. The van der Waals surface area contributed by atoms with Crippen molar-refractivity contribution >= 4 is 28.5 Å². The van der Waals surface area contributed by atoms with Crippen LogP contribution in [-0.2, 0) is 17.8 Å². The van der Waals surface area contributed by atoms with Gasteiger partial charge in [0.1, 0.15) is 30.1 Å². The first kappa shape index (κ1) is 22.0. The Morgan fingerprint density at radius 2 is 1.88 bits per heavy atom. The van der Waals surface area contributed by atoms with Crippen molar-refractivity contribution in [1.29, 1.82) is 0 Å². The van der Waals surface area contributed by atoms with Gasteiger partial charge >= 0.3 is 5.97 Å². The summed E-state index contributed by atoms with van der Waals surface area (Å²) in [6, 6.07) is 17.4. The summed E-state index contributed by atoms with van der Waals surface area (Å²) in [6.45, 7) is 1.54. The lowest BCUT2D eigenvalue weighted by Crippen LogP contribution is -2.31. The molecular formula is C26H20ClNO6. The predicted molar refractivity (Wildman–Crippen MR) is 127 cm³/mol. The van der Waals surface area contributed by atoms with Gasteiger partial charge in [-0.1, -0.05) is 29.8 Å². The summed E-state index contributed by atoms with van der Waals surface area (Å²) in [4.78, 5) is 26.8. The fraction of sp³-hybridized carbons (Fsp3) is 0.154. The number of nitrogens with zero attached hydrogens (tertiary/aromatic N) is 1. The number of benzene rings is 3. The van der Waals surface area contributed by atoms with E-state index in [9.17, 15) is 9.59 Å². The molecule has 8 heteroatoms. The molecule has 0 saturated heterocycles. The first-order valence-corrected chi connectivity index (χ1v) is 10.9. The summed E-state index contributed by atoms with van der Waals surface area (Å²) in [6.07, 6.45) is 1.30. The monoisotopic (exact) mass is 477 g/mol. The fourth-order valence-corrected chi connectivity index (χ4v) is 4.08. The van der Waals surface area contributed by atoms with Gasteiger partial charge < -0.3 is 18.6 Å². The van der Waals surface area contributed by atoms with Crippen LogP contribution in [0.4, 0.5) is 0 Å². The Morgan fingerprint density at radius 1 is 1.09 bits per heavy atom. The summed E-state index contributed by atoms with van der Waals surface area (Å²) in [5, 5.41) is 1.09. The zero-order valence-electron chi connectivity index (χ0n) is 18.2. The lowest BCUT2D eigenvalue weighted by Gasteiger charge is -2.29. The Labute approximate surface area is 200 Å². The van der Waals surface area contributed by atoms with Gasteiger partial charge in [0.15, 0.2) is 0 Å². The minimum Gasteiger partial charge on any atom is -0.478 e. The average molecular weight is 478 g/mol. The van der Waals surface area contributed by atoms with Crippen LogP contribution in [0.2, 0.25) is 5.02 Å². The summed E-state index contributed by atoms with van der Waals surface area (Å²) in [5.74, 6) is 0.667. The minimum absolute atomic E-state index is 0.0444. The third-order valence-corrected chi connectivity index (χ3v) is 5.98. The van der Waals surface area contributed by atoms with Crippen LogP contribution in [0.25, 0.3) is 11.0 Å². The van der Waals surface area contributed by atoms with Crippen molar-refractivity contribution in [1.82, 2.24) is 4.90 Å². The Hall–Kier alpha value is -3.81. The van der Waals surface area contributed by atoms with E-state index in [1.54, 1.807) is 36.4 Å². The van der Waals surface area contributed by atoms with E-state index >= 15 is 0 Å². The first-order chi connectivity index (χ1) is 16.5. The lowest BCUT2D eigenvalue weighted by molar-refractivity contribution is 0.0600. The maximum Gasteiger partial charge on any atom is 0.337 e. The molecule has 0 radical (unpaired) electrons. The highest BCUT2D eigenvalue weighted by molar-refractivity contribution is 6.31. The minimum atomic E-state index is -0.452. The van der Waals surface area contributed by atoms with Crippen LogP contribution < -0.4 is 14.9 Å². The van der Waals surface area contributed by atoms with Gasteiger partial charge in [0, 0.05) is 18.1 Å². The van der Waals surface area contributed by atoms with E-state index in [2.05, 4.69) is 9.64 Å². The molecule has 1 aliphatic rings. The molecule has 0 amide bonds. The van der Waals surface area contributed by atoms with Crippen LogP contribution in [-0.4, -0.2) is 24.7 Å². The van der Waals surface area contributed by atoms with Crippen molar-refractivity contribution < 1.29 is 23.4 Å². The Bertz CT molecular complexity index is 1430. The van der Waals surface area contributed by atoms with Crippen LogP contribution in [0.3, 0.4) is 0 Å². The van der Waals surface area contributed by atoms with Gasteiger partial charge in [0.05, 0.1) is 23.6 Å². The molecule has 3 aromatic carbocycles. The third kappa shape index (κ3) is 4.23. The molecule has 0 bridgehead atoms. The number of esters is 1. The average Bonchev–Trinajstić information content (AvgIpc) is 2.87. The molecule has 7 nitrogen and oxygen atoms in total. The van der Waals surface area contributed by atoms with E-state index in [0.717, 1.165) is 11.1 Å². The van der Waals surface area contributed by atoms with Gasteiger partial charge in [-0.15, -0.1) is 0 Å². The van der Waals surface area contributed by atoms with E-state index in [-0.39, 0.29) is 11.2 Å². The molecule has 0 aliphatic carbocycles. The van der Waals surface area contributed by atoms with Gasteiger partial charge in [0.25, 0.3) is 0 Å². The maximum atomic E-state index is 13.1. The second kappa shape index (κ2) is 9.21. The highest BCUT2D eigenvalue weighted by atomic mass is 35.5. The van der Waals surface area contributed by atoms with Crippen LogP contribution in [0.1, 0.15) is 21.5 Å². The van der Waals surface area contributed by atoms with E-state index in [4.69, 9.17) is 25.5 Å². The summed E-state index contributed by atoms with van der Waals surface area (Å²) >= 11 is 6.31. The number of methoxy groups -OCH3 is 1. The summed E-state index contributed by atoms with van der Waals surface area (Å²) < 4.78 is 22.2.